The van der Waals surface area contributed by atoms with Crippen LogP contribution < -0.4 is 10.5 Å². The molecule has 0 spiro atoms. The number of hydrogen-bond donors (Lipinski definition) is 1. The lowest BCUT2D eigenvalue weighted by Crippen LogP contribution is -2.47. The molecule has 0 saturated heterocycles. The predicted octanol–water partition coefficient (Wildman–Crippen LogP) is 1.65. The van der Waals surface area contributed by atoms with Crippen molar-refractivity contribution in [3.05, 3.63) is 29.8 Å². The van der Waals surface area contributed by atoms with Gasteiger partial charge in [-0.05, 0) is 37.5 Å². The molecule has 4 nitrogen and oxygen atoms in total. The van der Waals surface area contributed by atoms with Gasteiger partial charge in [0, 0.05) is 7.05 Å². The molecule has 18 heavy (non-hydrogen) atoms. The molecule has 0 bridgehead atoms. The Bertz CT molecular complexity index is 441. The van der Waals surface area contributed by atoms with Crippen molar-refractivity contribution in [1.29, 1.82) is 0 Å². The minimum atomic E-state index is 0.0456. The van der Waals surface area contributed by atoms with Crippen molar-refractivity contribution in [1.82, 2.24) is 4.90 Å². The molecular weight excluding hydrogens is 226 g/mol. The van der Waals surface area contributed by atoms with E-state index in [1.165, 1.54) is 5.56 Å². The summed E-state index contributed by atoms with van der Waals surface area (Å²) in [5, 5.41) is 0. The van der Waals surface area contributed by atoms with Crippen LogP contribution in [0.3, 0.4) is 0 Å². The van der Waals surface area contributed by atoms with E-state index >= 15 is 0 Å². The summed E-state index contributed by atoms with van der Waals surface area (Å²) in [6.07, 6.45) is 2.06. The summed E-state index contributed by atoms with van der Waals surface area (Å²) in [5.41, 5.74) is 7.18. The molecule has 1 heterocycles. The Hall–Kier alpha value is -1.71. The first-order chi connectivity index (χ1) is 8.55. The van der Waals surface area contributed by atoms with Gasteiger partial charge in [0.05, 0.1) is 19.2 Å². The van der Waals surface area contributed by atoms with Crippen molar-refractivity contribution >= 4 is 5.96 Å². The largest absolute Gasteiger partial charge is 0.497 e. The van der Waals surface area contributed by atoms with Crippen LogP contribution in [0.5, 0.6) is 5.75 Å². The van der Waals surface area contributed by atoms with E-state index in [4.69, 9.17) is 10.5 Å². The molecule has 1 aromatic carbocycles. The molecular formula is C14H21N3O. The number of nitrogens with zero attached hydrogens (tertiary/aromatic N) is 2. The highest BCUT2D eigenvalue weighted by molar-refractivity contribution is 5.80. The zero-order chi connectivity index (χ0) is 13.2. The third kappa shape index (κ3) is 2.42. The second kappa shape index (κ2) is 4.88. The van der Waals surface area contributed by atoms with Crippen LogP contribution in [0.15, 0.2) is 29.3 Å². The summed E-state index contributed by atoms with van der Waals surface area (Å²) >= 11 is 0. The number of ether oxygens (including phenoxy) is 1. The van der Waals surface area contributed by atoms with E-state index in [1.54, 1.807) is 7.11 Å². The van der Waals surface area contributed by atoms with Gasteiger partial charge < -0.3 is 15.4 Å². The molecule has 1 aliphatic heterocycles. The number of aliphatic imine (C=N–C) groups is 1. The molecule has 1 aliphatic rings. The van der Waals surface area contributed by atoms with Crippen LogP contribution in [0.4, 0.5) is 0 Å². The van der Waals surface area contributed by atoms with Crippen LogP contribution in [0.2, 0.25) is 0 Å². The van der Waals surface area contributed by atoms with Crippen molar-refractivity contribution in [2.24, 2.45) is 10.7 Å². The fraction of sp³-hybridized carbons (Fsp3) is 0.500. The molecule has 0 aliphatic carbocycles. The van der Waals surface area contributed by atoms with E-state index in [0.29, 0.717) is 5.96 Å². The second-order valence-corrected chi connectivity index (χ2v) is 5.08. The Morgan fingerprint density at radius 1 is 1.39 bits per heavy atom. The van der Waals surface area contributed by atoms with Crippen molar-refractivity contribution in [2.45, 2.75) is 25.3 Å². The average molecular weight is 247 g/mol. The Kier molecular flexibility index (Phi) is 3.45. The van der Waals surface area contributed by atoms with Crippen LogP contribution >= 0.6 is 0 Å². The first-order valence-corrected chi connectivity index (χ1v) is 6.22. The van der Waals surface area contributed by atoms with E-state index in [9.17, 15) is 0 Å². The van der Waals surface area contributed by atoms with Gasteiger partial charge in [0.1, 0.15) is 5.75 Å². The van der Waals surface area contributed by atoms with Crippen LogP contribution in [0.25, 0.3) is 0 Å². The summed E-state index contributed by atoms with van der Waals surface area (Å²) < 4.78 is 5.15. The van der Waals surface area contributed by atoms with Gasteiger partial charge in [-0.1, -0.05) is 12.1 Å². The van der Waals surface area contributed by atoms with Gasteiger partial charge in [-0.2, -0.15) is 0 Å². The zero-order valence-electron chi connectivity index (χ0n) is 11.3. The smallest absolute Gasteiger partial charge is 0.191 e. The quantitative estimate of drug-likeness (QED) is 0.880. The number of methoxy groups -OCH3 is 1. The van der Waals surface area contributed by atoms with Crippen molar-refractivity contribution in [2.75, 3.05) is 20.7 Å². The summed E-state index contributed by atoms with van der Waals surface area (Å²) in [5.74, 6) is 1.54. The van der Waals surface area contributed by atoms with Gasteiger partial charge in [-0.3, -0.25) is 4.99 Å². The summed E-state index contributed by atoms with van der Waals surface area (Å²) in [7, 11) is 3.70. The van der Waals surface area contributed by atoms with E-state index < -0.39 is 0 Å². The number of hydrogen-bond acceptors (Lipinski definition) is 4. The molecule has 0 radical (unpaired) electrons. The first kappa shape index (κ1) is 12.7. The van der Waals surface area contributed by atoms with Crippen LogP contribution in [0.1, 0.15) is 18.9 Å². The van der Waals surface area contributed by atoms with E-state index in [1.807, 2.05) is 19.2 Å². The third-order valence-corrected chi connectivity index (χ3v) is 3.85. The molecule has 4 heteroatoms. The highest BCUT2D eigenvalue weighted by Crippen LogP contribution is 2.25. The minimum absolute atomic E-state index is 0.0456. The molecule has 0 fully saturated rings. The minimum Gasteiger partial charge on any atom is -0.497 e. The maximum atomic E-state index is 5.82. The fourth-order valence-corrected chi connectivity index (χ4v) is 2.19. The number of likely N-dealkylation sites (N-methyl/N-ethyl adjacent to an activating group) is 1. The maximum Gasteiger partial charge on any atom is 0.191 e. The average Bonchev–Trinajstić information content (AvgIpc) is 2.66. The number of rotatable bonds is 4. The molecule has 2 rings (SSSR count). The van der Waals surface area contributed by atoms with Crippen molar-refractivity contribution < 1.29 is 4.74 Å². The molecule has 1 unspecified atom stereocenters. The molecule has 0 saturated carbocycles. The number of benzene rings is 1. The Labute approximate surface area is 108 Å². The number of aryl methyl sites for hydroxylation is 1. The van der Waals surface area contributed by atoms with E-state index in [2.05, 4.69) is 28.9 Å². The summed E-state index contributed by atoms with van der Waals surface area (Å²) in [4.78, 5) is 6.39. The Balaban J connectivity index is 1.95. The first-order valence-electron chi connectivity index (χ1n) is 6.22. The Morgan fingerprint density at radius 2 is 2.06 bits per heavy atom. The van der Waals surface area contributed by atoms with Gasteiger partial charge in [0.25, 0.3) is 0 Å². The zero-order valence-corrected chi connectivity index (χ0v) is 11.3. The fourth-order valence-electron chi connectivity index (χ4n) is 2.19. The lowest BCUT2D eigenvalue weighted by molar-refractivity contribution is 0.244. The van der Waals surface area contributed by atoms with Gasteiger partial charge >= 0.3 is 0 Å². The van der Waals surface area contributed by atoms with Gasteiger partial charge in [0.2, 0.25) is 0 Å². The van der Waals surface area contributed by atoms with Gasteiger partial charge in [-0.25, -0.2) is 0 Å². The van der Waals surface area contributed by atoms with Gasteiger partial charge in [-0.15, -0.1) is 0 Å². The number of nitrogens with two attached hydrogens (primary N) is 1. The lowest BCUT2D eigenvalue weighted by Gasteiger charge is -2.33. The lowest BCUT2D eigenvalue weighted by atomic mass is 9.93. The standard InChI is InChI=1S/C14H21N3O/c1-14(10-16-13(15)17(14)2)9-8-11-4-6-12(18-3)7-5-11/h4-7H,8-10H2,1-3H3,(H2,15,16). The van der Waals surface area contributed by atoms with Crippen molar-refractivity contribution in [3.63, 3.8) is 0 Å². The highest BCUT2D eigenvalue weighted by Gasteiger charge is 2.34. The van der Waals surface area contributed by atoms with E-state index in [0.717, 1.165) is 25.1 Å². The maximum absolute atomic E-state index is 5.82. The monoisotopic (exact) mass is 247 g/mol. The van der Waals surface area contributed by atoms with Crippen LogP contribution in [-0.4, -0.2) is 37.1 Å². The summed E-state index contributed by atoms with van der Waals surface area (Å²) in [6, 6.07) is 8.23. The Morgan fingerprint density at radius 3 is 2.56 bits per heavy atom. The number of guanidine groups is 1. The second-order valence-electron chi connectivity index (χ2n) is 5.08. The predicted molar refractivity (Wildman–Crippen MR) is 74.0 cm³/mol. The third-order valence-electron chi connectivity index (χ3n) is 3.85. The molecule has 2 N–H and O–H groups in total. The van der Waals surface area contributed by atoms with Crippen LogP contribution in [0, 0.1) is 0 Å². The molecule has 98 valence electrons. The van der Waals surface area contributed by atoms with Gasteiger partial charge in [0.15, 0.2) is 5.96 Å². The highest BCUT2D eigenvalue weighted by atomic mass is 16.5. The molecule has 1 atom stereocenters. The normalized spacial score (nSPS) is 23.1. The molecule has 0 amide bonds. The van der Waals surface area contributed by atoms with Crippen LogP contribution in [-0.2, 0) is 6.42 Å². The molecule has 1 aromatic rings. The molecule has 0 aromatic heterocycles. The topological polar surface area (TPSA) is 50.9 Å². The van der Waals surface area contributed by atoms with Crippen molar-refractivity contribution in [3.8, 4) is 5.75 Å². The summed E-state index contributed by atoms with van der Waals surface area (Å²) in [6.45, 7) is 2.99. The SMILES string of the molecule is COc1ccc(CCC2(C)CN=C(N)N2C)cc1. The van der Waals surface area contributed by atoms with E-state index in [-0.39, 0.29) is 5.54 Å².